The number of nitrogens with one attached hydrogen (secondary N) is 1. The maximum absolute atomic E-state index is 10.7. The van der Waals surface area contributed by atoms with Gasteiger partial charge in [-0.3, -0.25) is 9.88 Å². The van der Waals surface area contributed by atoms with Crippen molar-refractivity contribution in [2.75, 3.05) is 39.4 Å². The highest BCUT2D eigenvalue weighted by atomic mass is 35.5. The number of aryl methyl sites for hydroxylation is 1. The molecule has 0 spiro atoms. The molecule has 0 amide bonds. The SMILES string of the molecule is Cc1ncc(CO)c([C@@H](C2CCOCC2)N2CCNCC2)c1O.Cl.Cl. The molecule has 2 aliphatic heterocycles. The molecule has 0 bridgehead atoms. The van der Waals surface area contributed by atoms with Gasteiger partial charge in [0.05, 0.1) is 12.3 Å². The van der Waals surface area contributed by atoms with Crippen molar-refractivity contribution in [1.29, 1.82) is 0 Å². The number of ether oxygens (including phenoxy) is 1. The summed E-state index contributed by atoms with van der Waals surface area (Å²) >= 11 is 0. The van der Waals surface area contributed by atoms with Gasteiger partial charge in [0.25, 0.3) is 0 Å². The van der Waals surface area contributed by atoms with Crippen molar-refractivity contribution in [3.05, 3.63) is 23.0 Å². The molecule has 0 radical (unpaired) electrons. The summed E-state index contributed by atoms with van der Waals surface area (Å²) in [7, 11) is 0. The minimum Gasteiger partial charge on any atom is -0.506 e. The third-order valence-corrected chi connectivity index (χ3v) is 5.08. The number of aromatic hydroxyl groups is 1. The van der Waals surface area contributed by atoms with Gasteiger partial charge in [0.2, 0.25) is 0 Å². The van der Waals surface area contributed by atoms with Crippen molar-refractivity contribution in [3.8, 4) is 5.75 Å². The van der Waals surface area contributed by atoms with Gasteiger partial charge in [-0.05, 0) is 25.7 Å². The first kappa shape index (κ1) is 22.4. The molecule has 1 aromatic rings. The van der Waals surface area contributed by atoms with Crippen LogP contribution in [0.4, 0.5) is 0 Å². The third kappa shape index (κ3) is 4.96. The number of halogens is 2. The van der Waals surface area contributed by atoms with Crippen LogP contribution in [-0.4, -0.2) is 59.5 Å². The number of hydrogen-bond donors (Lipinski definition) is 3. The van der Waals surface area contributed by atoms with E-state index in [0.29, 0.717) is 11.6 Å². The van der Waals surface area contributed by atoms with Crippen LogP contribution < -0.4 is 5.32 Å². The summed E-state index contributed by atoms with van der Waals surface area (Å²) < 4.78 is 5.53. The van der Waals surface area contributed by atoms with E-state index in [1.807, 2.05) is 6.92 Å². The number of piperazine rings is 1. The van der Waals surface area contributed by atoms with Crippen LogP contribution in [0.2, 0.25) is 0 Å². The molecule has 6 nitrogen and oxygen atoms in total. The third-order valence-electron chi connectivity index (χ3n) is 5.08. The van der Waals surface area contributed by atoms with Crippen LogP contribution in [0.5, 0.6) is 5.75 Å². The van der Waals surface area contributed by atoms with E-state index in [1.165, 1.54) is 0 Å². The van der Waals surface area contributed by atoms with Gasteiger partial charge in [-0.1, -0.05) is 0 Å². The van der Waals surface area contributed by atoms with Gasteiger partial charge in [0.1, 0.15) is 5.75 Å². The Morgan fingerprint density at radius 3 is 2.52 bits per heavy atom. The van der Waals surface area contributed by atoms with Crippen molar-refractivity contribution in [2.24, 2.45) is 5.92 Å². The predicted octanol–water partition coefficient (Wildman–Crippen LogP) is 1.80. The molecule has 25 heavy (non-hydrogen) atoms. The summed E-state index contributed by atoms with van der Waals surface area (Å²) in [5.74, 6) is 0.673. The van der Waals surface area contributed by atoms with Gasteiger partial charge in [-0.25, -0.2) is 0 Å². The fourth-order valence-electron chi connectivity index (χ4n) is 3.82. The molecule has 3 heterocycles. The van der Waals surface area contributed by atoms with Crippen LogP contribution in [0, 0.1) is 12.8 Å². The van der Waals surface area contributed by atoms with Crippen LogP contribution in [-0.2, 0) is 11.3 Å². The molecule has 0 unspecified atom stereocenters. The van der Waals surface area contributed by atoms with E-state index in [-0.39, 0.29) is 43.2 Å². The Labute approximate surface area is 161 Å². The van der Waals surface area contributed by atoms with Gasteiger partial charge < -0.3 is 20.3 Å². The number of aliphatic hydroxyl groups is 1. The molecule has 3 rings (SSSR count). The fourth-order valence-corrected chi connectivity index (χ4v) is 3.82. The highest BCUT2D eigenvalue weighted by molar-refractivity contribution is 5.85. The first-order chi connectivity index (χ1) is 11.2. The van der Waals surface area contributed by atoms with Gasteiger partial charge >= 0.3 is 0 Å². The Bertz CT molecular complexity index is 518. The molecule has 2 fully saturated rings. The van der Waals surface area contributed by atoms with Crippen LogP contribution >= 0.6 is 24.8 Å². The van der Waals surface area contributed by atoms with E-state index in [0.717, 1.165) is 63.4 Å². The molecule has 144 valence electrons. The van der Waals surface area contributed by atoms with Crippen LogP contribution in [0.15, 0.2) is 6.20 Å². The molecular weight excluding hydrogens is 365 g/mol. The van der Waals surface area contributed by atoms with E-state index in [2.05, 4.69) is 15.2 Å². The topological polar surface area (TPSA) is 77.9 Å². The summed E-state index contributed by atoms with van der Waals surface area (Å²) in [4.78, 5) is 6.66. The Hall–Kier alpha value is -0.630. The quantitative estimate of drug-likeness (QED) is 0.723. The van der Waals surface area contributed by atoms with Crippen LogP contribution in [0.25, 0.3) is 0 Å². The Morgan fingerprint density at radius 2 is 1.92 bits per heavy atom. The summed E-state index contributed by atoms with van der Waals surface area (Å²) in [5, 5.41) is 23.9. The Morgan fingerprint density at radius 1 is 1.28 bits per heavy atom. The standard InChI is InChI=1S/C17H27N3O3.2ClH/c1-12-17(22)15(14(11-21)10-19-12)16(13-2-8-23-9-3-13)20-6-4-18-5-7-20;;/h10,13,16,18,21-22H,2-9,11H2,1H3;2*1H/t16-;;/m1../s1. The highest BCUT2D eigenvalue weighted by Gasteiger charge is 2.34. The zero-order chi connectivity index (χ0) is 16.2. The smallest absolute Gasteiger partial charge is 0.141 e. The van der Waals surface area contributed by atoms with Crippen molar-refractivity contribution < 1.29 is 14.9 Å². The number of nitrogens with zero attached hydrogens (tertiary/aromatic N) is 2. The van der Waals surface area contributed by atoms with Crippen molar-refractivity contribution >= 4 is 24.8 Å². The Kier molecular flexibility index (Phi) is 9.41. The summed E-state index contributed by atoms with van der Waals surface area (Å²) in [6.45, 7) is 7.08. The minimum atomic E-state index is -0.0953. The van der Waals surface area contributed by atoms with Crippen LogP contribution in [0.3, 0.4) is 0 Å². The molecule has 0 saturated carbocycles. The van der Waals surface area contributed by atoms with Gasteiger partial charge in [0, 0.05) is 62.8 Å². The molecular formula is C17H29Cl2N3O3. The lowest BCUT2D eigenvalue weighted by atomic mass is 9.83. The summed E-state index contributed by atoms with van der Waals surface area (Å²) in [6.07, 6.45) is 3.68. The maximum atomic E-state index is 10.7. The van der Waals surface area contributed by atoms with Crippen LogP contribution in [0.1, 0.15) is 35.7 Å². The normalized spacial score (nSPS) is 20.4. The van der Waals surface area contributed by atoms with Gasteiger partial charge in [-0.2, -0.15) is 0 Å². The van der Waals surface area contributed by atoms with E-state index < -0.39 is 0 Å². The first-order valence-electron chi connectivity index (χ1n) is 8.53. The zero-order valence-electron chi connectivity index (χ0n) is 14.6. The summed E-state index contributed by atoms with van der Waals surface area (Å²) in [5.41, 5.74) is 2.24. The number of aromatic nitrogens is 1. The minimum absolute atomic E-state index is 0. The van der Waals surface area contributed by atoms with Gasteiger partial charge in [0.15, 0.2) is 0 Å². The molecule has 2 aliphatic rings. The van der Waals surface area contributed by atoms with E-state index in [4.69, 9.17) is 4.74 Å². The lowest BCUT2D eigenvalue weighted by Gasteiger charge is -2.42. The van der Waals surface area contributed by atoms with Crippen molar-refractivity contribution in [2.45, 2.75) is 32.4 Å². The zero-order valence-corrected chi connectivity index (χ0v) is 16.2. The Balaban J connectivity index is 0.00000156. The predicted molar refractivity (Wildman–Crippen MR) is 102 cm³/mol. The highest BCUT2D eigenvalue weighted by Crippen LogP contribution is 2.41. The van der Waals surface area contributed by atoms with Crippen molar-refractivity contribution in [1.82, 2.24) is 15.2 Å². The lowest BCUT2D eigenvalue weighted by Crippen LogP contribution is -2.47. The van der Waals surface area contributed by atoms with Crippen molar-refractivity contribution in [3.63, 3.8) is 0 Å². The second-order valence-corrected chi connectivity index (χ2v) is 6.47. The average Bonchev–Trinajstić information content (AvgIpc) is 2.61. The van der Waals surface area contributed by atoms with E-state index >= 15 is 0 Å². The average molecular weight is 394 g/mol. The first-order valence-corrected chi connectivity index (χ1v) is 8.53. The lowest BCUT2D eigenvalue weighted by molar-refractivity contribution is 0.0200. The number of pyridine rings is 1. The number of aliphatic hydroxyl groups excluding tert-OH is 1. The molecule has 3 N–H and O–H groups in total. The fraction of sp³-hybridized carbons (Fsp3) is 0.706. The van der Waals surface area contributed by atoms with E-state index in [1.54, 1.807) is 6.20 Å². The molecule has 0 aliphatic carbocycles. The molecule has 0 aromatic carbocycles. The second-order valence-electron chi connectivity index (χ2n) is 6.47. The van der Waals surface area contributed by atoms with Gasteiger partial charge in [-0.15, -0.1) is 24.8 Å². The molecule has 8 heteroatoms. The maximum Gasteiger partial charge on any atom is 0.141 e. The number of rotatable bonds is 4. The molecule has 2 saturated heterocycles. The molecule has 1 atom stereocenters. The summed E-state index contributed by atoms with van der Waals surface area (Å²) in [6, 6.07) is 0.116. The molecule has 1 aromatic heterocycles. The second kappa shape index (κ2) is 10.5. The largest absolute Gasteiger partial charge is 0.506 e. The monoisotopic (exact) mass is 393 g/mol. The van der Waals surface area contributed by atoms with E-state index in [9.17, 15) is 10.2 Å². The number of hydrogen-bond acceptors (Lipinski definition) is 6.